The van der Waals surface area contributed by atoms with Gasteiger partial charge in [0.05, 0.1) is 30.8 Å². The fourth-order valence-corrected chi connectivity index (χ4v) is 2.86. The predicted octanol–water partition coefficient (Wildman–Crippen LogP) is 2.80. The number of hydrogen-bond acceptors (Lipinski definition) is 7. The van der Waals surface area contributed by atoms with Crippen molar-refractivity contribution >= 4 is 17.3 Å². The second-order valence-corrected chi connectivity index (χ2v) is 5.99. The molecule has 2 aromatic carbocycles. The first-order valence-electron chi connectivity index (χ1n) is 8.49. The highest BCUT2D eigenvalue weighted by Gasteiger charge is 2.23. The molecule has 0 radical (unpaired) electrons. The SMILES string of the molecule is COc1cccc(COC(=O)c2ccc(N3CCOCC3)c([N+](=O)[O-])c2)c1. The van der Waals surface area contributed by atoms with Crippen molar-refractivity contribution in [3.8, 4) is 5.75 Å². The summed E-state index contributed by atoms with van der Waals surface area (Å²) in [5.41, 5.74) is 1.27. The van der Waals surface area contributed by atoms with Crippen molar-refractivity contribution in [1.82, 2.24) is 0 Å². The van der Waals surface area contributed by atoms with Gasteiger partial charge in [-0.15, -0.1) is 0 Å². The van der Waals surface area contributed by atoms with Gasteiger partial charge in [-0.2, -0.15) is 0 Å². The lowest BCUT2D eigenvalue weighted by atomic mass is 10.1. The zero-order chi connectivity index (χ0) is 19.2. The van der Waals surface area contributed by atoms with E-state index in [1.54, 1.807) is 43.5 Å². The monoisotopic (exact) mass is 372 g/mol. The number of nitrogens with zero attached hydrogens (tertiary/aromatic N) is 2. The van der Waals surface area contributed by atoms with Gasteiger partial charge in [-0.05, 0) is 29.8 Å². The van der Waals surface area contributed by atoms with E-state index >= 15 is 0 Å². The van der Waals surface area contributed by atoms with Gasteiger partial charge in [-0.25, -0.2) is 4.79 Å². The van der Waals surface area contributed by atoms with Crippen molar-refractivity contribution in [1.29, 1.82) is 0 Å². The van der Waals surface area contributed by atoms with Crippen molar-refractivity contribution < 1.29 is 23.9 Å². The molecule has 1 aliphatic heterocycles. The lowest BCUT2D eigenvalue weighted by molar-refractivity contribution is -0.384. The molecule has 0 N–H and O–H groups in total. The highest BCUT2D eigenvalue weighted by Crippen LogP contribution is 2.30. The van der Waals surface area contributed by atoms with Crippen LogP contribution in [0.2, 0.25) is 0 Å². The van der Waals surface area contributed by atoms with Crippen molar-refractivity contribution in [2.24, 2.45) is 0 Å². The van der Waals surface area contributed by atoms with Gasteiger partial charge in [-0.3, -0.25) is 10.1 Å². The third kappa shape index (κ3) is 4.53. The molecule has 1 fully saturated rings. The van der Waals surface area contributed by atoms with E-state index < -0.39 is 10.9 Å². The van der Waals surface area contributed by atoms with Crippen molar-refractivity contribution in [2.45, 2.75) is 6.61 Å². The summed E-state index contributed by atoms with van der Waals surface area (Å²) < 4.78 is 15.7. The van der Waals surface area contributed by atoms with Crippen LogP contribution in [0.5, 0.6) is 5.75 Å². The summed E-state index contributed by atoms with van der Waals surface area (Å²) in [5.74, 6) is 0.0449. The zero-order valence-corrected chi connectivity index (χ0v) is 14.9. The molecular weight excluding hydrogens is 352 g/mol. The van der Waals surface area contributed by atoms with E-state index in [2.05, 4.69) is 0 Å². The first-order chi connectivity index (χ1) is 13.1. The van der Waals surface area contributed by atoms with Gasteiger partial charge in [0.15, 0.2) is 0 Å². The Bertz CT molecular complexity index is 833. The van der Waals surface area contributed by atoms with Crippen LogP contribution in [0, 0.1) is 10.1 Å². The summed E-state index contributed by atoms with van der Waals surface area (Å²) in [4.78, 5) is 25.2. The fraction of sp³-hybridized carbons (Fsp3) is 0.316. The van der Waals surface area contributed by atoms with Crippen LogP contribution < -0.4 is 9.64 Å². The number of methoxy groups -OCH3 is 1. The highest BCUT2D eigenvalue weighted by molar-refractivity contribution is 5.91. The number of morpholine rings is 1. The van der Waals surface area contributed by atoms with Gasteiger partial charge in [0, 0.05) is 19.2 Å². The number of anilines is 1. The van der Waals surface area contributed by atoms with Crippen LogP contribution >= 0.6 is 0 Å². The highest BCUT2D eigenvalue weighted by atomic mass is 16.6. The third-order valence-corrected chi connectivity index (χ3v) is 4.26. The molecule has 0 spiro atoms. The molecule has 3 rings (SSSR count). The quantitative estimate of drug-likeness (QED) is 0.437. The molecule has 0 bridgehead atoms. The minimum atomic E-state index is -0.616. The summed E-state index contributed by atoms with van der Waals surface area (Å²) in [6.07, 6.45) is 0. The number of esters is 1. The summed E-state index contributed by atoms with van der Waals surface area (Å²) in [6, 6.07) is 11.6. The fourth-order valence-electron chi connectivity index (χ4n) is 2.86. The van der Waals surface area contributed by atoms with Gasteiger partial charge >= 0.3 is 5.97 Å². The molecule has 2 aromatic rings. The number of rotatable bonds is 6. The lowest BCUT2D eigenvalue weighted by Gasteiger charge is -2.28. The molecule has 0 saturated carbocycles. The normalized spacial score (nSPS) is 13.9. The van der Waals surface area contributed by atoms with Gasteiger partial charge in [0.1, 0.15) is 18.0 Å². The van der Waals surface area contributed by atoms with E-state index in [1.807, 2.05) is 4.90 Å². The van der Waals surface area contributed by atoms with Crippen LogP contribution in [0.3, 0.4) is 0 Å². The number of carbonyl (C=O) groups is 1. The Hall–Kier alpha value is -3.13. The standard InChI is InChI=1S/C19H20N2O6/c1-25-16-4-2-3-14(11-16)13-27-19(22)15-5-6-17(18(12-15)21(23)24)20-7-9-26-10-8-20/h2-6,11-12H,7-10,13H2,1H3. The number of ether oxygens (including phenoxy) is 3. The number of hydrogen-bond donors (Lipinski definition) is 0. The maximum Gasteiger partial charge on any atom is 0.338 e. The molecule has 0 unspecified atom stereocenters. The molecule has 27 heavy (non-hydrogen) atoms. The first kappa shape index (κ1) is 18.7. The van der Waals surface area contributed by atoms with E-state index in [1.165, 1.54) is 6.07 Å². The maximum absolute atomic E-state index is 12.3. The van der Waals surface area contributed by atoms with Gasteiger partial charge in [-0.1, -0.05) is 12.1 Å². The van der Waals surface area contributed by atoms with Crippen LogP contribution in [-0.4, -0.2) is 44.3 Å². The Morgan fingerprint density at radius 3 is 2.70 bits per heavy atom. The molecule has 0 aliphatic carbocycles. The first-order valence-corrected chi connectivity index (χ1v) is 8.49. The molecular formula is C19H20N2O6. The minimum absolute atomic E-state index is 0.0506. The van der Waals surface area contributed by atoms with E-state index in [-0.39, 0.29) is 17.9 Å². The lowest BCUT2D eigenvalue weighted by Crippen LogP contribution is -2.36. The van der Waals surface area contributed by atoms with Crippen molar-refractivity contribution in [2.75, 3.05) is 38.3 Å². The average Bonchev–Trinajstić information content (AvgIpc) is 2.72. The Labute approximate surface area is 156 Å². The molecule has 8 heteroatoms. The van der Waals surface area contributed by atoms with Gasteiger partial charge in [0.2, 0.25) is 0 Å². The summed E-state index contributed by atoms with van der Waals surface area (Å²) in [7, 11) is 1.56. The minimum Gasteiger partial charge on any atom is -0.497 e. The molecule has 0 amide bonds. The van der Waals surface area contributed by atoms with E-state index in [0.717, 1.165) is 5.56 Å². The Kier molecular flexibility index (Phi) is 5.87. The maximum atomic E-state index is 12.3. The number of benzene rings is 2. The van der Waals surface area contributed by atoms with Crippen LogP contribution in [0.1, 0.15) is 15.9 Å². The molecule has 1 saturated heterocycles. The molecule has 8 nitrogen and oxygen atoms in total. The molecule has 142 valence electrons. The smallest absolute Gasteiger partial charge is 0.338 e. The molecule has 0 atom stereocenters. The Morgan fingerprint density at radius 1 is 1.22 bits per heavy atom. The summed E-state index contributed by atoms with van der Waals surface area (Å²) in [6.45, 7) is 2.22. The second kappa shape index (κ2) is 8.50. The van der Waals surface area contributed by atoms with E-state index in [9.17, 15) is 14.9 Å². The van der Waals surface area contributed by atoms with Crippen LogP contribution in [-0.2, 0) is 16.1 Å². The topological polar surface area (TPSA) is 91.1 Å². The van der Waals surface area contributed by atoms with Crippen LogP contribution in [0.25, 0.3) is 0 Å². The van der Waals surface area contributed by atoms with Crippen LogP contribution in [0.15, 0.2) is 42.5 Å². The second-order valence-electron chi connectivity index (χ2n) is 5.99. The zero-order valence-electron chi connectivity index (χ0n) is 14.9. The van der Waals surface area contributed by atoms with Gasteiger partial charge in [0.25, 0.3) is 5.69 Å². The number of carbonyl (C=O) groups excluding carboxylic acids is 1. The molecule has 0 aromatic heterocycles. The summed E-state index contributed by atoms with van der Waals surface area (Å²) >= 11 is 0. The van der Waals surface area contributed by atoms with Gasteiger partial charge < -0.3 is 19.1 Å². The molecule has 1 aliphatic rings. The third-order valence-electron chi connectivity index (χ3n) is 4.26. The largest absolute Gasteiger partial charge is 0.497 e. The van der Waals surface area contributed by atoms with E-state index in [4.69, 9.17) is 14.2 Å². The van der Waals surface area contributed by atoms with Crippen LogP contribution in [0.4, 0.5) is 11.4 Å². The average molecular weight is 372 g/mol. The molecule has 1 heterocycles. The van der Waals surface area contributed by atoms with Crippen molar-refractivity contribution in [3.05, 3.63) is 63.7 Å². The Morgan fingerprint density at radius 2 is 2.00 bits per heavy atom. The number of nitro benzene ring substituents is 1. The summed E-state index contributed by atoms with van der Waals surface area (Å²) in [5, 5.41) is 11.5. The Balaban J connectivity index is 1.74. The predicted molar refractivity (Wildman–Crippen MR) is 98.2 cm³/mol. The van der Waals surface area contributed by atoms with E-state index in [0.29, 0.717) is 37.7 Å². The number of nitro groups is 1. The van der Waals surface area contributed by atoms with Crippen molar-refractivity contribution in [3.63, 3.8) is 0 Å².